The number of unbranched alkanes of at least 4 members (excludes halogenated alkanes) is 1. The van der Waals surface area contributed by atoms with Crippen molar-refractivity contribution in [3.8, 4) is 11.4 Å². The summed E-state index contributed by atoms with van der Waals surface area (Å²) < 4.78 is 68.9. The fraction of sp³-hybridized carbons (Fsp3) is 0.500. The van der Waals surface area contributed by atoms with Crippen molar-refractivity contribution in [2.24, 2.45) is 0 Å². The topological polar surface area (TPSA) is 120 Å². The van der Waals surface area contributed by atoms with Gasteiger partial charge in [-0.2, -0.15) is 26.3 Å². The summed E-state index contributed by atoms with van der Waals surface area (Å²) in [6.07, 6.45) is -6.00. The zero-order valence-corrected chi connectivity index (χ0v) is 19.1. The molecule has 35 heavy (non-hydrogen) atoms. The van der Waals surface area contributed by atoms with Crippen molar-refractivity contribution in [2.75, 3.05) is 34.2 Å². The van der Waals surface area contributed by atoms with Gasteiger partial charge in [0.1, 0.15) is 5.69 Å². The Kier molecular flexibility index (Phi) is 13.6. The molecule has 0 atom stereocenters. The summed E-state index contributed by atoms with van der Waals surface area (Å²) >= 11 is 0. The quantitative estimate of drug-likeness (QED) is 0.399. The number of carbonyl (C=O) groups is 2. The van der Waals surface area contributed by atoms with E-state index in [0.29, 0.717) is 0 Å². The third-order valence-corrected chi connectivity index (χ3v) is 3.79. The lowest BCUT2D eigenvalue weighted by Gasteiger charge is -2.15. The Balaban J connectivity index is 0.000000680. The first kappa shape index (κ1) is 31.8. The zero-order chi connectivity index (χ0) is 27.2. The number of pyridine rings is 1. The predicted octanol–water partition coefficient (Wildman–Crippen LogP) is 3.78. The maximum Gasteiger partial charge on any atom is 0.490 e. The number of carboxylic acids is 2. The Bertz CT molecular complexity index is 864. The number of nitrogens with zero attached hydrogens (tertiary/aromatic N) is 4. The van der Waals surface area contributed by atoms with Crippen LogP contribution in [0.4, 0.5) is 26.3 Å². The summed E-state index contributed by atoms with van der Waals surface area (Å²) in [5, 5.41) is 18.3. The Labute approximate surface area is 196 Å². The van der Waals surface area contributed by atoms with Gasteiger partial charge in [0.15, 0.2) is 5.76 Å². The standard InChI is InChI=1S/C16H24N4O.2C2HF3O2/c1-19(2)10-6-7-11-20(3)13-14-12-16(18-21-14)15-8-4-5-9-17-15;2*3-2(4,5)1(6)7/h4-5,8-9,12H,6-7,10-11,13H2,1-3H3;2*(H,6,7). The fourth-order valence-electron chi connectivity index (χ4n) is 2.18. The van der Waals surface area contributed by atoms with Gasteiger partial charge < -0.3 is 19.6 Å². The van der Waals surface area contributed by atoms with Gasteiger partial charge in [0.2, 0.25) is 0 Å². The maximum atomic E-state index is 10.6. The van der Waals surface area contributed by atoms with Crippen LogP contribution in [0.3, 0.4) is 0 Å². The molecule has 2 aromatic heterocycles. The average molecular weight is 516 g/mol. The van der Waals surface area contributed by atoms with Gasteiger partial charge >= 0.3 is 24.3 Å². The maximum absolute atomic E-state index is 10.6. The van der Waals surface area contributed by atoms with Crippen molar-refractivity contribution < 1.29 is 50.7 Å². The van der Waals surface area contributed by atoms with E-state index in [0.717, 1.165) is 36.8 Å². The first-order chi connectivity index (χ1) is 16.0. The molecule has 0 fully saturated rings. The molecule has 0 saturated carbocycles. The van der Waals surface area contributed by atoms with Gasteiger partial charge in [-0.15, -0.1) is 0 Å². The van der Waals surface area contributed by atoms with Crippen molar-refractivity contribution in [2.45, 2.75) is 31.7 Å². The molecular formula is C20H26F6N4O5. The molecule has 2 heterocycles. The fourth-order valence-corrected chi connectivity index (χ4v) is 2.18. The number of aromatic nitrogens is 2. The van der Waals surface area contributed by atoms with E-state index < -0.39 is 24.3 Å². The van der Waals surface area contributed by atoms with Gasteiger partial charge in [-0.25, -0.2) is 9.59 Å². The molecule has 0 spiro atoms. The van der Waals surface area contributed by atoms with E-state index in [1.807, 2.05) is 24.3 Å². The number of halogens is 6. The van der Waals surface area contributed by atoms with Gasteiger partial charge in [0.25, 0.3) is 0 Å². The first-order valence-electron chi connectivity index (χ1n) is 9.84. The minimum atomic E-state index is -5.08. The van der Waals surface area contributed by atoms with Crippen molar-refractivity contribution in [1.29, 1.82) is 0 Å². The zero-order valence-electron chi connectivity index (χ0n) is 19.1. The van der Waals surface area contributed by atoms with E-state index in [-0.39, 0.29) is 0 Å². The Morgan fingerprint density at radius 2 is 1.43 bits per heavy atom. The number of alkyl halides is 6. The largest absolute Gasteiger partial charge is 0.490 e. The van der Waals surface area contributed by atoms with Crippen molar-refractivity contribution in [1.82, 2.24) is 19.9 Å². The van der Waals surface area contributed by atoms with Crippen LogP contribution in [0.5, 0.6) is 0 Å². The highest BCUT2D eigenvalue weighted by Gasteiger charge is 2.38. The van der Waals surface area contributed by atoms with Crippen LogP contribution in [0.15, 0.2) is 35.0 Å². The van der Waals surface area contributed by atoms with Crippen LogP contribution in [-0.2, 0) is 16.1 Å². The number of carboxylic acid groups (broad SMARTS) is 2. The van der Waals surface area contributed by atoms with E-state index >= 15 is 0 Å². The highest BCUT2D eigenvalue weighted by atomic mass is 19.4. The van der Waals surface area contributed by atoms with Crippen LogP contribution in [0.2, 0.25) is 0 Å². The van der Waals surface area contributed by atoms with Crippen molar-refractivity contribution >= 4 is 11.9 Å². The molecular weight excluding hydrogens is 490 g/mol. The predicted molar refractivity (Wildman–Crippen MR) is 111 cm³/mol. The molecule has 0 amide bonds. The van der Waals surface area contributed by atoms with Gasteiger partial charge in [0, 0.05) is 12.3 Å². The number of hydrogen-bond acceptors (Lipinski definition) is 7. The second-order valence-electron chi connectivity index (χ2n) is 7.25. The Hall–Kier alpha value is -3.20. The van der Waals surface area contributed by atoms with E-state index in [4.69, 9.17) is 24.3 Å². The Morgan fingerprint density at radius 1 is 0.914 bits per heavy atom. The molecule has 198 valence electrons. The third kappa shape index (κ3) is 15.3. The molecule has 0 aliphatic heterocycles. The lowest BCUT2D eigenvalue weighted by molar-refractivity contribution is -0.193. The molecule has 0 saturated heterocycles. The minimum absolute atomic E-state index is 0.780. The van der Waals surface area contributed by atoms with Crippen LogP contribution >= 0.6 is 0 Å². The number of hydrogen-bond donors (Lipinski definition) is 2. The normalized spacial score (nSPS) is 11.4. The van der Waals surface area contributed by atoms with Crippen molar-refractivity contribution in [3.63, 3.8) is 0 Å². The van der Waals surface area contributed by atoms with Crippen molar-refractivity contribution in [3.05, 3.63) is 36.2 Å². The summed E-state index contributed by atoms with van der Waals surface area (Å²) in [6.45, 7) is 2.98. The van der Waals surface area contributed by atoms with Crippen LogP contribution in [0, 0.1) is 0 Å². The van der Waals surface area contributed by atoms with Crippen LogP contribution in [0.25, 0.3) is 11.4 Å². The molecule has 0 unspecified atom stereocenters. The van der Waals surface area contributed by atoms with Gasteiger partial charge in [0.05, 0.1) is 12.2 Å². The molecule has 2 N–H and O–H groups in total. The monoisotopic (exact) mass is 516 g/mol. The molecule has 0 aliphatic rings. The minimum Gasteiger partial charge on any atom is -0.475 e. The highest BCUT2D eigenvalue weighted by molar-refractivity contribution is 5.73. The molecule has 0 radical (unpaired) electrons. The summed E-state index contributed by atoms with van der Waals surface area (Å²) in [5.41, 5.74) is 1.65. The smallest absolute Gasteiger partial charge is 0.475 e. The number of rotatable bonds is 8. The second-order valence-corrected chi connectivity index (χ2v) is 7.25. The molecule has 2 rings (SSSR count). The third-order valence-electron chi connectivity index (χ3n) is 3.79. The van der Waals surface area contributed by atoms with Crippen LogP contribution in [-0.4, -0.2) is 88.7 Å². The van der Waals surface area contributed by atoms with Crippen LogP contribution in [0.1, 0.15) is 18.6 Å². The molecule has 0 aromatic carbocycles. The van der Waals surface area contributed by atoms with Gasteiger partial charge in [-0.05, 0) is 59.2 Å². The summed E-state index contributed by atoms with van der Waals surface area (Å²) in [4.78, 5) is 26.5. The molecule has 2 aromatic rings. The molecule has 9 nitrogen and oxygen atoms in total. The van der Waals surface area contributed by atoms with E-state index in [1.54, 1.807) is 6.20 Å². The van der Waals surface area contributed by atoms with Gasteiger partial charge in [-0.1, -0.05) is 11.2 Å². The summed E-state index contributed by atoms with van der Waals surface area (Å²) in [7, 11) is 6.33. The lowest BCUT2D eigenvalue weighted by atomic mass is 10.2. The highest BCUT2D eigenvalue weighted by Crippen LogP contribution is 2.17. The SMILES string of the molecule is CN(C)CCCCN(C)Cc1cc(-c2ccccn2)no1.O=C(O)C(F)(F)F.O=C(O)C(F)(F)F. The lowest BCUT2D eigenvalue weighted by Crippen LogP contribution is -2.21. The molecule has 0 aliphatic carbocycles. The van der Waals surface area contributed by atoms with E-state index in [1.165, 1.54) is 12.8 Å². The first-order valence-corrected chi connectivity index (χ1v) is 9.84. The number of aliphatic carboxylic acids is 2. The summed E-state index contributed by atoms with van der Waals surface area (Å²) in [6, 6.07) is 7.75. The molecule has 0 bridgehead atoms. The summed E-state index contributed by atoms with van der Waals surface area (Å²) in [5.74, 6) is -4.63. The van der Waals surface area contributed by atoms with E-state index in [2.05, 4.69) is 41.1 Å². The average Bonchev–Trinajstić information content (AvgIpc) is 3.19. The molecule has 15 heteroatoms. The van der Waals surface area contributed by atoms with Gasteiger partial charge in [-0.3, -0.25) is 9.88 Å². The Morgan fingerprint density at radius 3 is 1.86 bits per heavy atom. The second kappa shape index (κ2) is 14.9. The van der Waals surface area contributed by atoms with Crippen LogP contribution < -0.4 is 0 Å². The van der Waals surface area contributed by atoms with E-state index in [9.17, 15) is 26.3 Å².